The Morgan fingerprint density at radius 1 is 0.207 bits per heavy atom. The first-order valence-electron chi connectivity index (χ1n) is 47.7. The molecule has 0 aliphatic rings. The highest BCUT2D eigenvalue weighted by atomic mass is 16.1. The molecule has 0 fully saturated rings. The Bertz CT molecular complexity index is 3450. The van der Waals surface area contributed by atoms with Crippen LogP contribution in [-0.4, -0.2) is 78.1 Å². The molecule has 0 atom stereocenters. The number of hydrogen-bond donors (Lipinski definition) is 8. The van der Waals surface area contributed by atoms with Crippen molar-refractivity contribution in [3.63, 3.8) is 0 Å². The number of imidazole rings is 4. The summed E-state index contributed by atoms with van der Waals surface area (Å²) in [5.74, 6) is 0.597. The number of nitrogens with two attached hydrogens (primary N) is 4. The lowest BCUT2D eigenvalue weighted by molar-refractivity contribution is 0.522. The van der Waals surface area contributed by atoms with Crippen LogP contribution in [0.5, 0.6) is 0 Å². The number of hydrogen-bond acceptors (Lipinski definition) is 16. The van der Waals surface area contributed by atoms with Crippen molar-refractivity contribution >= 4 is 68.4 Å². The molecule has 0 saturated heterocycles. The minimum atomic E-state index is -0.266. The van der Waals surface area contributed by atoms with E-state index in [2.05, 4.69) is 87.5 Å². The van der Waals surface area contributed by atoms with Crippen molar-refractivity contribution in [2.24, 2.45) is 0 Å². The number of fused-ring (bicyclic) bond motifs is 4. The number of nitrogens with zero attached hydrogens (tertiary/aromatic N) is 12. The third-order valence-electron chi connectivity index (χ3n) is 23.0. The Hall–Kier alpha value is -7.40. The van der Waals surface area contributed by atoms with Gasteiger partial charge in [-0.25, -0.2) is 19.9 Å². The van der Waals surface area contributed by atoms with Gasteiger partial charge in [-0.15, -0.1) is 0 Å². The lowest BCUT2D eigenvalue weighted by Crippen LogP contribution is -2.12. The third-order valence-corrected chi connectivity index (χ3v) is 23.0. The molecule has 0 radical (unpaired) electrons. The van der Waals surface area contributed by atoms with E-state index in [0.29, 0.717) is 44.7 Å². The second-order valence-corrected chi connectivity index (χ2v) is 33.5. The normalized spacial score (nSPS) is 11.5. The van der Waals surface area contributed by atoms with Crippen LogP contribution in [0.25, 0.3) is 44.7 Å². The topological polar surface area (TPSA) is 358 Å². The van der Waals surface area contributed by atoms with Gasteiger partial charge in [0.15, 0.2) is 44.7 Å². The van der Waals surface area contributed by atoms with Crippen LogP contribution in [0.15, 0.2) is 44.5 Å². The fourth-order valence-electron chi connectivity index (χ4n) is 15.9. The number of nitrogen functional groups attached to an aromatic ring is 4. The van der Waals surface area contributed by atoms with Crippen molar-refractivity contribution in [1.29, 1.82) is 0 Å². The van der Waals surface area contributed by atoms with E-state index in [0.717, 1.165) is 51.9 Å². The molecule has 0 aliphatic heterocycles. The maximum Gasteiger partial charge on any atom is 0.280 e. The van der Waals surface area contributed by atoms with Gasteiger partial charge in [0.25, 0.3) is 22.2 Å². The molecule has 656 valence electrons. The maximum atomic E-state index is 11.8. The molecule has 116 heavy (non-hydrogen) atoms. The smallest absolute Gasteiger partial charge is 0.280 e. The molecule has 0 unspecified atom stereocenters. The van der Waals surface area contributed by atoms with E-state index >= 15 is 0 Å². The lowest BCUT2D eigenvalue weighted by atomic mass is 10.0. The Balaban J connectivity index is 0.000000276. The summed E-state index contributed by atoms with van der Waals surface area (Å²) >= 11 is 0. The van der Waals surface area contributed by atoms with E-state index in [1.165, 1.54) is 385 Å². The van der Waals surface area contributed by atoms with E-state index < -0.39 is 0 Å². The zero-order valence-corrected chi connectivity index (χ0v) is 73.7. The molecule has 0 amide bonds. The largest absolute Gasteiger partial charge is 0.369 e. The molecule has 0 aromatic carbocycles. The molecule has 0 bridgehead atoms. The number of unbranched alkanes of at least 4 members (excludes halogenated alkanes) is 60. The van der Waals surface area contributed by atoms with Gasteiger partial charge in [0.05, 0.1) is 25.3 Å². The van der Waals surface area contributed by atoms with E-state index in [1.807, 2.05) is 18.3 Å². The summed E-state index contributed by atoms with van der Waals surface area (Å²) in [6.45, 7) is 12.5. The standard InChI is InChI=1S/4C23H41N5O/c4*1-2-3-4-5-6-7-8-9-10-11-12-13-14-15-16-17-18-28-19-25-20-21(28)26-23(24)27-22(20)29/h4*19H,2-18H2,1H3,(H3,24,26,27,29). The fraction of sp³-hybridized carbons (Fsp3) is 0.783. The summed E-state index contributed by atoms with van der Waals surface area (Å²) in [5.41, 5.74) is 25.3. The predicted octanol–water partition coefficient (Wildman–Crippen LogP) is 23.9. The van der Waals surface area contributed by atoms with Crippen LogP contribution < -0.4 is 45.2 Å². The molecular formula is C92H164N20O4. The van der Waals surface area contributed by atoms with Crippen molar-refractivity contribution in [2.45, 2.75) is 465 Å². The molecule has 12 N–H and O–H groups in total. The van der Waals surface area contributed by atoms with Gasteiger partial charge in [0.2, 0.25) is 23.8 Å². The van der Waals surface area contributed by atoms with Gasteiger partial charge in [-0.2, -0.15) is 19.9 Å². The molecule has 24 heteroatoms. The fourth-order valence-corrected chi connectivity index (χ4v) is 15.9. The lowest BCUT2D eigenvalue weighted by Gasteiger charge is -2.05. The summed E-state index contributed by atoms with van der Waals surface area (Å²) < 4.78 is 7.74. The molecular weight excluding hydrogens is 1450 g/mol. The number of aromatic amines is 4. The number of anilines is 4. The molecule has 8 rings (SSSR count). The second kappa shape index (κ2) is 65.5. The third kappa shape index (κ3) is 43.9. The van der Waals surface area contributed by atoms with Crippen molar-refractivity contribution in [3.05, 3.63) is 66.7 Å². The van der Waals surface area contributed by atoms with Crippen LogP contribution in [0.3, 0.4) is 0 Å². The van der Waals surface area contributed by atoms with Gasteiger partial charge >= 0.3 is 0 Å². The highest BCUT2D eigenvalue weighted by Crippen LogP contribution is 2.22. The zero-order valence-electron chi connectivity index (χ0n) is 73.7. The molecule has 0 spiro atoms. The van der Waals surface area contributed by atoms with Crippen LogP contribution in [0.2, 0.25) is 0 Å². The molecule has 24 nitrogen and oxygen atoms in total. The first kappa shape index (κ1) is 99.2. The second-order valence-electron chi connectivity index (χ2n) is 33.5. The number of rotatable bonds is 68. The van der Waals surface area contributed by atoms with Crippen LogP contribution in [0.4, 0.5) is 23.8 Å². The van der Waals surface area contributed by atoms with Gasteiger partial charge in [-0.3, -0.25) is 39.1 Å². The number of aromatic nitrogens is 16. The predicted molar refractivity (Wildman–Crippen MR) is 488 cm³/mol. The summed E-state index contributed by atoms with van der Waals surface area (Å²) in [4.78, 5) is 90.5. The summed E-state index contributed by atoms with van der Waals surface area (Å²) in [5, 5.41) is 0. The molecule has 0 saturated carbocycles. The summed E-state index contributed by atoms with van der Waals surface area (Å²) in [6, 6.07) is 0. The minimum Gasteiger partial charge on any atom is -0.369 e. The quantitative estimate of drug-likeness (QED) is 0.0164. The van der Waals surface area contributed by atoms with Gasteiger partial charge in [-0.1, -0.05) is 413 Å². The van der Waals surface area contributed by atoms with Crippen LogP contribution in [0.1, 0.15) is 439 Å². The Morgan fingerprint density at radius 3 is 0.457 bits per heavy atom. The first-order valence-corrected chi connectivity index (χ1v) is 47.7. The minimum absolute atomic E-state index is 0.149. The highest BCUT2D eigenvalue weighted by molar-refractivity contribution is 5.72. The number of nitrogens with one attached hydrogen (secondary N) is 4. The van der Waals surface area contributed by atoms with Gasteiger partial charge < -0.3 is 41.2 Å². The number of H-pyrrole nitrogens is 4. The van der Waals surface area contributed by atoms with E-state index in [4.69, 9.17) is 22.9 Å². The average Bonchev–Trinajstić information content (AvgIpc) is 1.69. The Morgan fingerprint density at radius 2 is 0.328 bits per heavy atom. The average molecular weight is 1610 g/mol. The van der Waals surface area contributed by atoms with Crippen LogP contribution in [0, 0.1) is 0 Å². The maximum absolute atomic E-state index is 11.8. The van der Waals surface area contributed by atoms with Crippen molar-refractivity contribution in [2.75, 3.05) is 22.9 Å². The van der Waals surface area contributed by atoms with Gasteiger partial charge in [0, 0.05) is 26.2 Å². The van der Waals surface area contributed by atoms with Crippen molar-refractivity contribution < 1.29 is 0 Å². The van der Waals surface area contributed by atoms with E-state index in [-0.39, 0.29) is 46.0 Å². The van der Waals surface area contributed by atoms with Crippen molar-refractivity contribution in [3.8, 4) is 0 Å². The number of aryl methyl sites for hydroxylation is 4. The SMILES string of the molecule is CCCCCCCCCCCCCCCCCCn1cnc2c(=O)[nH]c(N)nc21.CCCCCCCCCCCCCCCCCCn1cnc2c(=O)[nH]c(N)nc21.CCCCCCCCCCCCCCCCCCn1cnc2c(=O)[nH]c(N)nc21.CCCCCCCCCCCCCCCCCCn1cnc2c(=O)[nH]c(N)nc21. The Kier molecular flexibility index (Phi) is 56.0. The van der Waals surface area contributed by atoms with Gasteiger partial charge in [0.1, 0.15) is 0 Å². The summed E-state index contributed by atoms with van der Waals surface area (Å²) in [6.07, 6.45) is 94.0. The molecule has 8 aromatic rings. The molecule has 8 heterocycles. The van der Waals surface area contributed by atoms with E-state index in [9.17, 15) is 19.2 Å². The zero-order chi connectivity index (χ0) is 82.9. The summed E-state index contributed by atoms with van der Waals surface area (Å²) in [7, 11) is 0. The van der Waals surface area contributed by atoms with E-state index in [1.54, 1.807) is 25.3 Å². The highest BCUT2D eigenvalue weighted by Gasteiger charge is 2.14. The van der Waals surface area contributed by atoms with Crippen LogP contribution in [-0.2, 0) is 26.2 Å². The molecule has 0 aliphatic carbocycles. The van der Waals surface area contributed by atoms with Gasteiger partial charge in [-0.05, 0) is 25.7 Å². The Labute approximate surface area is 697 Å². The molecule has 8 aromatic heterocycles. The monoisotopic (exact) mass is 1610 g/mol. The first-order chi connectivity index (χ1) is 56.9. The van der Waals surface area contributed by atoms with Crippen LogP contribution >= 0.6 is 0 Å². The van der Waals surface area contributed by atoms with Crippen molar-refractivity contribution in [1.82, 2.24) is 78.1 Å².